The SMILES string of the molecule is CC(C)(C(=O)N1CCC(c2ccc(C(F)(C(F)(F)F)C(F)(F)F)cc2)(S(=O)(=O)c2ccc(F)cc2)C1)n1cccn1. The number of benzene rings is 2. The third-order valence-corrected chi connectivity index (χ3v) is 9.84. The van der Waals surface area contributed by atoms with Crippen LogP contribution in [-0.2, 0) is 30.6 Å². The lowest BCUT2D eigenvalue weighted by Crippen LogP contribution is -2.50. The van der Waals surface area contributed by atoms with Gasteiger partial charge in [0.15, 0.2) is 9.84 Å². The lowest BCUT2D eigenvalue weighted by molar-refractivity contribution is -0.348. The summed E-state index contributed by atoms with van der Waals surface area (Å²) >= 11 is 0. The monoisotopic (exact) mass is 609 g/mol. The van der Waals surface area contributed by atoms with Crippen LogP contribution in [0.5, 0.6) is 0 Å². The van der Waals surface area contributed by atoms with Crippen LogP contribution in [0.4, 0.5) is 35.1 Å². The van der Waals surface area contributed by atoms with Gasteiger partial charge in [-0.05, 0) is 56.2 Å². The number of carbonyl (C=O) groups is 1. The summed E-state index contributed by atoms with van der Waals surface area (Å²) in [5.74, 6) is -1.32. The molecule has 0 aliphatic carbocycles. The van der Waals surface area contributed by atoms with E-state index in [2.05, 4.69) is 5.10 Å². The molecule has 0 spiro atoms. The second-order valence-corrected chi connectivity index (χ2v) is 12.4. The maximum Gasteiger partial charge on any atom is 0.435 e. The van der Waals surface area contributed by atoms with Crippen LogP contribution in [0.3, 0.4) is 0 Å². The minimum absolute atomic E-state index is 0.163. The zero-order valence-corrected chi connectivity index (χ0v) is 22.3. The Morgan fingerprint density at radius 3 is 1.95 bits per heavy atom. The quantitative estimate of drug-likeness (QED) is 0.268. The number of hydrogen-bond donors (Lipinski definition) is 0. The number of likely N-dealkylation sites (tertiary alicyclic amines) is 1. The number of carbonyl (C=O) groups excluding carboxylic acids is 1. The second-order valence-electron chi connectivity index (χ2n) is 10.2. The van der Waals surface area contributed by atoms with Crippen molar-refractivity contribution in [3.63, 3.8) is 0 Å². The largest absolute Gasteiger partial charge is 0.435 e. The van der Waals surface area contributed by atoms with Gasteiger partial charge < -0.3 is 4.90 Å². The van der Waals surface area contributed by atoms with E-state index in [1.54, 1.807) is 6.07 Å². The van der Waals surface area contributed by atoms with Gasteiger partial charge in [-0.15, -0.1) is 0 Å². The van der Waals surface area contributed by atoms with Crippen molar-refractivity contribution in [1.29, 1.82) is 0 Å². The normalized spacial score (nSPS) is 19.0. The molecule has 1 aliphatic heterocycles. The first kappa shape index (κ1) is 30.5. The first-order valence-corrected chi connectivity index (χ1v) is 13.5. The summed E-state index contributed by atoms with van der Waals surface area (Å²) in [4.78, 5) is 14.3. The highest BCUT2D eigenvalue weighted by atomic mass is 32.2. The van der Waals surface area contributed by atoms with Crippen molar-refractivity contribution < 1.29 is 48.3 Å². The summed E-state index contributed by atoms with van der Waals surface area (Å²) in [6.07, 6.45) is -10.1. The van der Waals surface area contributed by atoms with Gasteiger partial charge >= 0.3 is 18.0 Å². The van der Waals surface area contributed by atoms with Gasteiger partial charge in [-0.1, -0.05) is 24.3 Å². The summed E-state index contributed by atoms with van der Waals surface area (Å²) in [5.41, 5.74) is -9.07. The summed E-state index contributed by atoms with van der Waals surface area (Å²) in [6, 6.07) is 7.03. The van der Waals surface area contributed by atoms with E-state index in [4.69, 9.17) is 0 Å². The molecule has 0 N–H and O–H groups in total. The molecular formula is C26H23F8N3O3S. The van der Waals surface area contributed by atoms with E-state index < -0.39 is 66.9 Å². The van der Waals surface area contributed by atoms with Crippen molar-refractivity contribution >= 4 is 15.7 Å². The third-order valence-electron chi connectivity index (χ3n) is 7.35. The Balaban J connectivity index is 1.83. The summed E-state index contributed by atoms with van der Waals surface area (Å²) < 4.78 is 135. The fraction of sp³-hybridized carbons (Fsp3) is 0.385. The minimum atomic E-state index is -6.36. The van der Waals surface area contributed by atoms with Crippen LogP contribution >= 0.6 is 0 Å². The summed E-state index contributed by atoms with van der Waals surface area (Å²) in [6.45, 7) is 2.35. The summed E-state index contributed by atoms with van der Waals surface area (Å²) in [5, 5.41) is 4.05. The Morgan fingerprint density at radius 1 is 0.902 bits per heavy atom. The fourth-order valence-electron chi connectivity index (χ4n) is 4.98. The highest BCUT2D eigenvalue weighted by Gasteiger charge is 2.73. The number of rotatable bonds is 6. The van der Waals surface area contributed by atoms with Gasteiger partial charge in [-0.25, -0.2) is 17.2 Å². The van der Waals surface area contributed by atoms with Gasteiger partial charge in [0, 0.05) is 31.0 Å². The molecule has 1 amide bonds. The zero-order valence-electron chi connectivity index (χ0n) is 21.5. The second kappa shape index (κ2) is 9.81. The van der Waals surface area contributed by atoms with E-state index in [1.165, 1.54) is 35.8 Å². The first-order chi connectivity index (χ1) is 18.8. The maximum atomic E-state index is 14.6. The van der Waals surface area contributed by atoms with E-state index in [0.29, 0.717) is 12.1 Å². The molecule has 3 aromatic rings. The van der Waals surface area contributed by atoms with Gasteiger partial charge in [0.1, 0.15) is 16.1 Å². The molecule has 1 fully saturated rings. The molecule has 4 rings (SSSR count). The van der Waals surface area contributed by atoms with Gasteiger partial charge in [-0.2, -0.15) is 31.4 Å². The number of halogens is 8. The fourth-order valence-corrected chi connectivity index (χ4v) is 7.06. The van der Waals surface area contributed by atoms with Crippen LogP contribution in [0.25, 0.3) is 0 Å². The lowest BCUT2D eigenvalue weighted by Gasteiger charge is -2.34. The Labute approximate surface area is 229 Å². The summed E-state index contributed by atoms with van der Waals surface area (Å²) in [7, 11) is -4.56. The van der Waals surface area contributed by atoms with Crippen molar-refractivity contribution in [3.05, 3.63) is 83.9 Å². The molecule has 2 heterocycles. The Bertz CT molecular complexity index is 1500. The van der Waals surface area contributed by atoms with Crippen LogP contribution in [0, 0.1) is 5.82 Å². The molecule has 1 unspecified atom stereocenters. The van der Waals surface area contributed by atoms with Crippen LogP contribution in [0.2, 0.25) is 0 Å². The van der Waals surface area contributed by atoms with Crippen molar-refractivity contribution in [2.45, 2.75) is 53.5 Å². The number of nitrogens with zero attached hydrogens (tertiary/aromatic N) is 3. The molecule has 1 saturated heterocycles. The van der Waals surface area contributed by atoms with E-state index >= 15 is 0 Å². The average Bonchev–Trinajstić information content (AvgIpc) is 3.59. The molecule has 222 valence electrons. The molecule has 6 nitrogen and oxygen atoms in total. The first-order valence-electron chi connectivity index (χ1n) is 12.0. The standard InChI is InChI=1S/C26H23F8N3O3S/c1-22(2,37-14-3-13-35-37)21(38)36-15-12-23(16-36,41(39,40)20-10-8-19(27)9-11-20)17-4-6-18(7-5-17)24(28,25(29,30)31)26(32,33)34/h3-11,13-14H,12,15-16H2,1-2H3. The molecule has 41 heavy (non-hydrogen) atoms. The maximum absolute atomic E-state index is 14.6. The van der Waals surface area contributed by atoms with Crippen molar-refractivity contribution in [2.24, 2.45) is 0 Å². The molecule has 0 saturated carbocycles. The number of sulfone groups is 1. The predicted octanol–water partition coefficient (Wildman–Crippen LogP) is 5.65. The van der Waals surface area contributed by atoms with Gasteiger partial charge in [0.2, 0.25) is 5.91 Å². The lowest BCUT2D eigenvalue weighted by atomic mass is 9.90. The minimum Gasteiger partial charge on any atom is -0.339 e. The molecule has 0 radical (unpaired) electrons. The molecule has 2 aromatic carbocycles. The van der Waals surface area contributed by atoms with E-state index in [9.17, 15) is 48.3 Å². The van der Waals surface area contributed by atoms with Crippen LogP contribution in [-0.4, -0.2) is 54.4 Å². The van der Waals surface area contributed by atoms with Crippen molar-refractivity contribution in [3.8, 4) is 0 Å². The van der Waals surface area contributed by atoms with Crippen molar-refractivity contribution in [2.75, 3.05) is 13.1 Å². The number of aromatic nitrogens is 2. The third kappa shape index (κ3) is 4.77. The van der Waals surface area contributed by atoms with Crippen LogP contribution in [0.1, 0.15) is 31.4 Å². The Kier molecular flexibility index (Phi) is 7.29. The van der Waals surface area contributed by atoms with Gasteiger partial charge in [0.05, 0.1) is 4.90 Å². The average molecular weight is 610 g/mol. The smallest absolute Gasteiger partial charge is 0.339 e. The van der Waals surface area contributed by atoms with Gasteiger partial charge in [0.25, 0.3) is 0 Å². The molecular weight excluding hydrogens is 586 g/mol. The van der Waals surface area contributed by atoms with Crippen molar-refractivity contribution in [1.82, 2.24) is 14.7 Å². The highest BCUT2D eigenvalue weighted by molar-refractivity contribution is 7.92. The number of alkyl halides is 7. The predicted molar refractivity (Wildman–Crippen MR) is 129 cm³/mol. The Hall–Kier alpha value is -3.49. The van der Waals surface area contributed by atoms with Crippen LogP contribution < -0.4 is 0 Å². The number of hydrogen-bond acceptors (Lipinski definition) is 4. The molecule has 1 aliphatic rings. The molecule has 0 bridgehead atoms. The highest BCUT2D eigenvalue weighted by Crippen LogP contribution is 2.54. The van der Waals surface area contributed by atoms with Crippen LogP contribution in [0.15, 0.2) is 71.9 Å². The van der Waals surface area contributed by atoms with E-state index in [-0.39, 0.29) is 30.7 Å². The Morgan fingerprint density at radius 2 is 1.46 bits per heavy atom. The van der Waals surface area contributed by atoms with Gasteiger partial charge in [-0.3, -0.25) is 9.48 Å². The number of amides is 1. The zero-order chi connectivity index (χ0) is 30.6. The van der Waals surface area contributed by atoms with E-state index in [0.717, 1.165) is 24.3 Å². The topological polar surface area (TPSA) is 72.3 Å². The molecule has 15 heteroatoms. The molecule has 1 aromatic heterocycles. The van der Waals surface area contributed by atoms with E-state index in [1.807, 2.05) is 0 Å². The molecule has 1 atom stereocenters.